The van der Waals surface area contributed by atoms with Gasteiger partial charge in [0, 0.05) is 23.2 Å². The van der Waals surface area contributed by atoms with Crippen LogP contribution in [-0.2, 0) is 9.59 Å². The number of nitrogens with one attached hydrogen (secondary N) is 2. The van der Waals surface area contributed by atoms with Gasteiger partial charge < -0.3 is 20.1 Å². The molecule has 2 aromatic carbocycles. The first kappa shape index (κ1) is 24.3. The number of carbonyl (C=O) groups excluding carboxylic acids is 2. The molecule has 10 heteroatoms. The lowest BCUT2D eigenvalue weighted by atomic mass is 9.91. The van der Waals surface area contributed by atoms with Crippen molar-refractivity contribution in [2.45, 2.75) is 43.2 Å². The molecule has 2 aliphatic carbocycles. The summed E-state index contributed by atoms with van der Waals surface area (Å²) < 4.78 is 11.1. The van der Waals surface area contributed by atoms with Gasteiger partial charge in [0.05, 0.1) is 20.1 Å². The lowest BCUT2D eigenvalue weighted by molar-refractivity contribution is -0.125. The monoisotopic (exact) mass is 530 g/mol. The number of hydrogen-bond donors (Lipinski definition) is 2. The van der Waals surface area contributed by atoms with Gasteiger partial charge in [-0.1, -0.05) is 46.4 Å². The van der Waals surface area contributed by atoms with Crippen LogP contribution in [0.1, 0.15) is 32.1 Å². The Morgan fingerprint density at radius 2 is 1.09 bits per heavy atom. The van der Waals surface area contributed by atoms with Crippen LogP contribution in [0.3, 0.4) is 0 Å². The average Bonchev–Trinajstić information content (AvgIpc) is 3.30. The molecular formula is C23H22Cl4N2O4. The van der Waals surface area contributed by atoms with Gasteiger partial charge in [-0.05, 0) is 56.4 Å². The number of ether oxygens (including phenoxy) is 2. The minimum atomic E-state index is -0.337. The lowest BCUT2D eigenvalue weighted by Crippen LogP contribution is -2.48. The van der Waals surface area contributed by atoms with Crippen molar-refractivity contribution in [3.8, 4) is 11.5 Å². The number of hydrogen-bond acceptors (Lipinski definition) is 4. The van der Waals surface area contributed by atoms with Crippen LogP contribution in [0.15, 0.2) is 36.4 Å². The molecule has 0 atom stereocenters. The van der Waals surface area contributed by atoms with Crippen LogP contribution in [0.25, 0.3) is 0 Å². The summed E-state index contributed by atoms with van der Waals surface area (Å²) in [6.45, 7) is -0.257. The second-order valence-electron chi connectivity index (χ2n) is 8.56. The Hall–Kier alpha value is -1.86. The molecular weight excluding hydrogens is 510 g/mol. The highest BCUT2D eigenvalue weighted by Gasteiger charge is 2.55. The van der Waals surface area contributed by atoms with Gasteiger partial charge in [0.15, 0.2) is 13.2 Å². The first-order valence-corrected chi connectivity index (χ1v) is 12.0. The molecule has 0 radical (unpaired) electrons. The summed E-state index contributed by atoms with van der Waals surface area (Å²) in [6, 6.07) is 9.69. The number of fused-ring (bicyclic) bond motifs is 2. The van der Waals surface area contributed by atoms with Crippen LogP contribution in [0.4, 0.5) is 0 Å². The minimum absolute atomic E-state index is 0.128. The van der Waals surface area contributed by atoms with E-state index >= 15 is 0 Å². The van der Waals surface area contributed by atoms with Crippen molar-refractivity contribution in [2.75, 3.05) is 13.2 Å². The predicted octanol–water partition coefficient (Wildman–Crippen LogP) is 5.45. The number of halogens is 4. The summed E-state index contributed by atoms with van der Waals surface area (Å²) >= 11 is 23.7. The zero-order valence-electron chi connectivity index (χ0n) is 17.6. The molecule has 0 aliphatic heterocycles. The van der Waals surface area contributed by atoms with E-state index in [1.54, 1.807) is 36.4 Å². The highest BCUT2D eigenvalue weighted by atomic mass is 35.5. The molecule has 33 heavy (non-hydrogen) atoms. The van der Waals surface area contributed by atoms with Gasteiger partial charge in [-0.2, -0.15) is 0 Å². The fraction of sp³-hybridized carbons (Fsp3) is 0.391. The third-order valence-corrected chi connectivity index (χ3v) is 7.65. The molecule has 2 N–H and O–H groups in total. The van der Waals surface area contributed by atoms with Crippen molar-refractivity contribution in [1.29, 1.82) is 0 Å². The summed E-state index contributed by atoms with van der Waals surface area (Å²) in [4.78, 5) is 25.0. The number of benzene rings is 2. The third kappa shape index (κ3) is 5.80. The van der Waals surface area contributed by atoms with Crippen LogP contribution in [0.5, 0.6) is 11.5 Å². The van der Waals surface area contributed by atoms with Gasteiger partial charge in [0.1, 0.15) is 11.5 Å². The van der Waals surface area contributed by atoms with Gasteiger partial charge >= 0.3 is 0 Å². The first-order valence-electron chi connectivity index (χ1n) is 10.5. The number of amides is 2. The predicted molar refractivity (Wildman–Crippen MR) is 129 cm³/mol. The van der Waals surface area contributed by atoms with E-state index in [2.05, 4.69) is 10.6 Å². The Morgan fingerprint density at radius 3 is 1.45 bits per heavy atom. The summed E-state index contributed by atoms with van der Waals surface area (Å²) in [6.07, 6.45) is 3.84. The maximum atomic E-state index is 12.5. The Bertz CT molecular complexity index is 987. The molecule has 4 rings (SSSR count). The fourth-order valence-electron chi connectivity index (χ4n) is 4.64. The molecule has 0 aromatic heterocycles. The maximum absolute atomic E-state index is 12.5. The van der Waals surface area contributed by atoms with E-state index in [1.807, 2.05) is 0 Å². The Labute approximate surface area is 211 Å². The molecule has 2 amide bonds. The lowest BCUT2D eigenvalue weighted by Gasteiger charge is -2.29. The van der Waals surface area contributed by atoms with E-state index in [-0.39, 0.29) is 36.1 Å². The molecule has 2 aromatic rings. The molecule has 2 saturated carbocycles. The van der Waals surface area contributed by atoms with Crippen LogP contribution in [0, 0.1) is 0 Å². The molecule has 0 saturated heterocycles. The second kappa shape index (κ2) is 9.79. The first-order chi connectivity index (χ1) is 15.7. The van der Waals surface area contributed by atoms with Crippen molar-refractivity contribution >= 4 is 58.2 Å². The molecule has 0 unspecified atom stereocenters. The summed E-state index contributed by atoms with van der Waals surface area (Å²) in [7, 11) is 0. The molecule has 2 aliphatic rings. The van der Waals surface area contributed by atoms with Gasteiger partial charge in [0.2, 0.25) is 0 Å². The second-order valence-corrected chi connectivity index (χ2v) is 10.2. The van der Waals surface area contributed by atoms with Crippen molar-refractivity contribution < 1.29 is 19.1 Å². The van der Waals surface area contributed by atoms with Crippen molar-refractivity contribution in [3.63, 3.8) is 0 Å². The molecule has 6 nitrogen and oxygen atoms in total. The van der Waals surface area contributed by atoms with E-state index in [1.165, 1.54) is 0 Å². The largest absolute Gasteiger partial charge is 0.484 e. The molecule has 2 fully saturated rings. The molecule has 0 heterocycles. The van der Waals surface area contributed by atoms with E-state index in [0.717, 1.165) is 25.7 Å². The van der Waals surface area contributed by atoms with Gasteiger partial charge in [-0.3, -0.25) is 9.59 Å². The van der Waals surface area contributed by atoms with Crippen LogP contribution in [-0.4, -0.2) is 36.1 Å². The quantitative estimate of drug-likeness (QED) is 0.475. The smallest absolute Gasteiger partial charge is 0.258 e. The Balaban J connectivity index is 1.26. The summed E-state index contributed by atoms with van der Waals surface area (Å²) in [5.74, 6) is 0.512. The number of carbonyl (C=O) groups is 2. The van der Waals surface area contributed by atoms with Crippen molar-refractivity contribution in [2.24, 2.45) is 0 Å². The summed E-state index contributed by atoms with van der Waals surface area (Å²) in [5, 5.41) is 7.80. The maximum Gasteiger partial charge on any atom is 0.258 e. The number of rotatable bonds is 8. The Morgan fingerprint density at radius 1 is 0.697 bits per heavy atom. The minimum Gasteiger partial charge on any atom is -0.484 e. The van der Waals surface area contributed by atoms with E-state index in [0.29, 0.717) is 38.0 Å². The zero-order valence-corrected chi connectivity index (χ0v) is 20.6. The van der Waals surface area contributed by atoms with E-state index in [4.69, 9.17) is 55.9 Å². The third-order valence-electron chi connectivity index (χ3n) is 6.17. The topological polar surface area (TPSA) is 76.7 Å². The van der Waals surface area contributed by atoms with Crippen molar-refractivity contribution in [3.05, 3.63) is 56.5 Å². The molecule has 176 valence electrons. The molecule has 2 bridgehead atoms. The van der Waals surface area contributed by atoms with Crippen LogP contribution >= 0.6 is 46.4 Å². The van der Waals surface area contributed by atoms with Gasteiger partial charge in [-0.25, -0.2) is 0 Å². The zero-order chi connectivity index (χ0) is 23.6. The average molecular weight is 532 g/mol. The van der Waals surface area contributed by atoms with E-state index < -0.39 is 0 Å². The van der Waals surface area contributed by atoms with Gasteiger partial charge in [0.25, 0.3) is 11.8 Å². The van der Waals surface area contributed by atoms with Crippen molar-refractivity contribution in [1.82, 2.24) is 10.6 Å². The fourth-order valence-corrected chi connectivity index (χ4v) is 5.22. The normalized spacial score (nSPS) is 23.3. The SMILES string of the molecule is O=C(COc1ccc(Cl)c(Cl)c1)NC12CCC(NC(=O)COc3ccc(Cl)c(Cl)c3)(CC1)C2. The standard InChI is InChI=1S/C23H22Cl4N2O4/c24-16-3-1-14(9-18(16)26)32-11-20(30)28-22-5-7-23(13-22,8-6-22)29-21(31)12-33-15-2-4-17(25)19(27)10-15/h1-4,9-10H,5-8,11-13H2,(H,28,30)(H,29,31). The van der Waals surface area contributed by atoms with Crippen LogP contribution < -0.4 is 20.1 Å². The highest BCUT2D eigenvalue weighted by molar-refractivity contribution is 6.42. The Kier molecular flexibility index (Phi) is 7.20. The van der Waals surface area contributed by atoms with E-state index in [9.17, 15) is 9.59 Å². The highest BCUT2D eigenvalue weighted by Crippen LogP contribution is 2.50. The van der Waals surface area contributed by atoms with Crippen LogP contribution in [0.2, 0.25) is 20.1 Å². The van der Waals surface area contributed by atoms with Gasteiger partial charge in [-0.15, -0.1) is 0 Å². The summed E-state index contributed by atoms with van der Waals surface area (Å²) in [5.41, 5.74) is -0.675. The molecule has 0 spiro atoms.